The Balaban J connectivity index is 1.65. The summed E-state index contributed by atoms with van der Waals surface area (Å²) < 4.78 is 14.2. The van der Waals surface area contributed by atoms with Crippen molar-refractivity contribution in [3.8, 4) is 11.1 Å². The quantitative estimate of drug-likeness (QED) is 0.714. The van der Waals surface area contributed by atoms with Crippen LogP contribution in [0.1, 0.15) is 18.9 Å². The van der Waals surface area contributed by atoms with Crippen LogP contribution in [0.4, 0.5) is 0 Å². The van der Waals surface area contributed by atoms with Gasteiger partial charge in [-0.1, -0.05) is 61.5 Å². The Morgan fingerprint density at radius 1 is 1.08 bits per heavy atom. The molecule has 1 aliphatic heterocycles. The topological polar surface area (TPSA) is 49.2 Å². The number of rotatable bonds is 5. The molecule has 2 atom stereocenters. The maximum absolute atomic E-state index is 6.29. The van der Waals surface area contributed by atoms with E-state index in [2.05, 4.69) is 53.4 Å². The third-order valence-electron chi connectivity index (χ3n) is 4.58. The van der Waals surface area contributed by atoms with E-state index in [1.807, 2.05) is 18.2 Å². The first kappa shape index (κ1) is 16.0. The minimum absolute atomic E-state index is 0.0947. The Labute approximate surface area is 147 Å². The number of hydrogen-bond acceptors (Lipinski definition) is 4. The van der Waals surface area contributed by atoms with Crippen LogP contribution in [0.5, 0.6) is 0 Å². The lowest BCUT2D eigenvalue weighted by Gasteiger charge is -2.28. The predicted octanol–water partition coefficient (Wildman–Crippen LogP) is 3.62. The first-order chi connectivity index (χ1) is 12.3. The van der Waals surface area contributed by atoms with Gasteiger partial charge in [0.15, 0.2) is 0 Å². The van der Waals surface area contributed by atoms with Crippen molar-refractivity contribution in [1.29, 1.82) is 0 Å². The molecular weight excluding hydrogens is 314 g/mol. The lowest BCUT2D eigenvalue weighted by atomic mass is 10.00. The molecule has 0 radical (unpaired) electrons. The van der Waals surface area contributed by atoms with Crippen LogP contribution in [0.15, 0.2) is 67.3 Å². The summed E-state index contributed by atoms with van der Waals surface area (Å²) in [6.45, 7) is 3.18. The van der Waals surface area contributed by atoms with Crippen molar-refractivity contribution in [2.45, 2.75) is 31.8 Å². The van der Waals surface area contributed by atoms with E-state index in [1.165, 1.54) is 17.5 Å². The zero-order valence-electron chi connectivity index (χ0n) is 14.2. The van der Waals surface area contributed by atoms with E-state index in [0.29, 0.717) is 13.2 Å². The molecule has 5 nitrogen and oxygen atoms in total. The van der Waals surface area contributed by atoms with E-state index < -0.39 is 5.79 Å². The highest BCUT2D eigenvalue weighted by Crippen LogP contribution is 2.37. The fourth-order valence-electron chi connectivity index (χ4n) is 3.17. The van der Waals surface area contributed by atoms with Crippen molar-refractivity contribution in [3.05, 3.63) is 72.8 Å². The molecule has 1 fully saturated rings. The van der Waals surface area contributed by atoms with E-state index in [0.717, 1.165) is 12.0 Å². The zero-order chi connectivity index (χ0) is 17.1. The molecule has 1 saturated heterocycles. The summed E-state index contributed by atoms with van der Waals surface area (Å²) in [5, 5.41) is 4.21. The fourth-order valence-corrected chi connectivity index (χ4v) is 3.17. The van der Waals surface area contributed by atoms with E-state index in [9.17, 15) is 0 Å². The summed E-state index contributed by atoms with van der Waals surface area (Å²) in [4.78, 5) is 4.02. The largest absolute Gasteiger partial charge is 0.342 e. The molecule has 0 bridgehead atoms. The second-order valence-electron chi connectivity index (χ2n) is 6.25. The molecule has 2 aromatic carbocycles. The molecule has 4 rings (SSSR count). The van der Waals surface area contributed by atoms with E-state index in [4.69, 9.17) is 9.47 Å². The monoisotopic (exact) mass is 335 g/mol. The van der Waals surface area contributed by atoms with Crippen LogP contribution in [0.2, 0.25) is 0 Å². The summed E-state index contributed by atoms with van der Waals surface area (Å²) in [6, 6.07) is 18.7. The normalized spacial score (nSPS) is 23.0. The van der Waals surface area contributed by atoms with Gasteiger partial charge in [0.1, 0.15) is 19.2 Å². The SMILES string of the molecule is CCC1COC(Cn2cncn2)(c2ccc(-c3ccccc3)cc2)O1. The first-order valence-electron chi connectivity index (χ1n) is 8.59. The minimum Gasteiger partial charge on any atom is -0.342 e. The van der Waals surface area contributed by atoms with Crippen molar-refractivity contribution in [2.24, 2.45) is 0 Å². The highest BCUT2D eigenvalue weighted by atomic mass is 16.7. The van der Waals surface area contributed by atoms with Gasteiger partial charge in [-0.3, -0.25) is 0 Å². The average molecular weight is 335 g/mol. The Morgan fingerprint density at radius 3 is 2.48 bits per heavy atom. The average Bonchev–Trinajstić information content (AvgIpc) is 3.33. The van der Waals surface area contributed by atoms with Gasteiger partial charge in [-0.25, -0.2) is 9.67 Å². The van der Waals surface area contributed by atoms with Gasteiger partial charge in [0.2, 0.25) is 5.79 Å². The van der Waals surface area contributed by atoms with Crippen LogP contribution in [0.3, 0.4) is 0 Å². The zero-order valence-corrected chi connectivity index (χ0v) is 14.2. The molecule has 5 heteroatoms. The third kappa shape index (κ3) is 3.21. The minimum atomic E-state index is -0.816. The van der Waals surface area contributed by atoms with Crippen LogP contribution < -0.4 is 0 Å². The molecular formula is C20H21N3O2. The summed E-state index contributed by atoms with van der Waals surface area (Å²) in [5.74, 6) is -0.816. The molecule has 1 aromatic heterocycles. The molecule has 2 unspecified atom stereocenters. The summed E-state index contributed by atoms with van der Waals surface area (Å²) in [5.41, 5.74) is 3.36. The predicted molar refractivity (Wildman–Crippen MR) is 94.7 cm³/mol. The van der Waals surface area contributed by atoms with E-state index in [-0.39, 0.29) is 6.10 Å². The summed E-state index contributed by atoms with van der Waals surface area (Å²) >= 11 is 0. The van der Waals surface area contributed by atoms with Crippen LogP contribution in [-0.4, -0.2) is 27.5 Å². The third-order valence-corrected chi connectivity index (χ3v) is 4.58. The number of hydrogen-bond donors (Lipinski definition) is 0. The molecule has 0 spiro atoms. The van der Waals surface area contributed by atoms with Crippen LogP contribution in [-0.2, 0) is 21.8 Å². The molecule has 2 heterocycles. The van der Waals surface area contributed by atoms with Gasteiger partial charge in [0.05, 0.1) is 12.7 Å². The highest BCUT2D eigenvalue weighted by molar-refractivity contribution is 5.63. The Morgan fingerprint density at radius 2 is 1.84 bits per heavy atom. The van der Waals surface area contributed by atoms with E-state index in [1.54, 1.807) is 11.0 Å². The van der Waals surface area contributed by atoms with Gasteiger partial charge >= 0.3 is 0 Å². The van der Waals surface area contributed by atoms with Crippen molar-refractivity contribution in [3.63, 3.8) is 0 Å². The van der Waals surface area contributed by atoms with Crippen molar-refractivity contribution < 1.29 is 9.47 Å². The lowest BCUT2D eigenvalue weighted by molar-refractivity contribution is -0.188. The molecule has 128 valence electrons. The number of benzene rings is 2. The van der Waals surface area contributed by atoms with Gasteiger partial charge in [0, 0.05) is 5.56 Å². The maximum atomic E-state index is 6.29. The molecule has 25 heavy (non-hydrogen) atoms. The maximum Gasteiger partial charge on any atom is 0.215 e. The molecule has 0 N–H and O–H groups in total. The molecule has 0 saturated carbocycles. The van der Waals surface area contributed by atoms with Gasteiger partial charge in [-0.05, 0) is 17.5 Å². The summed E-state index contributed by atoms with van der Waals surface area (Å²) in [6.07, 6.45) is 4.23. The smallest absolute Gasteiger partial charge is 0.215 e. The number of aromatic nitrogens is 3. The van der Waals surface area contributed by atoms with Crippen molar-refractivity contribution in [2.75, 3.05) is 6.61 Å². The number of ether oxygens (including phenoxy) is 2. The Kier molecular flexibility index (Phi) is 4.34. The van der Waals surface area contributed by atoms with E-state index >= 15 is 0 Å². The molecule has 1 aliphatic rings. The molecule has 0 aliphatic carbocycles. The first-order valence-corrected chi connectivity index (χ1v) is 8.59. The van der Waals surface area contributed by atoms with Crippen LogP contribution >= 0.6 is 0 Å². The fraction of sp³-hybridized carbons (Fsp3) is 0.300. The Hall–Kier alpha value is -2.50. The highest BCUT2D eigenvalue weighted by Gasteiger charge is 2.43. The molecule has 3 aromatic rings. The Bertz CT molecular complexity index is 803. The van der Waals surface area contributed by atoms with Crippen LogP contribution in [0.25, 0.3) is 11.1 Å². The second kappa shape index (κ2) is 6.78. The van der Waals surface area contributed by atoms with Crippen LogP contribution in [0, 0.1) is 0 Å². The summed E-state index contributed by atoms with van der Waals surface area (Å²) in [7, 11) is 0. The van der Waals surface area contributed by atoms with Gasteiger partial charge < -0.3 is 9.47 Å². The lowest BCUT2D eigenvalue weighted by Crippen LogP contribution is -2.33. The number of nitrogens with zero attached hydrogens (tertiary/aromatic N) is 3. The second-order valence-corrected chi connectivity index (χ2v) is 6.25. The standard InChI is InChI=1S/C20H21N3O2/c1-2-19-12-24-20(25-19,13-23-15-21-14-22-23)18-10-8-17(9-11-18)16-6-4-3-5-7-16/h3-11,14-15,19H,2,12-13H2,1H3. The van der Waals surface area contributed by atoms with Gasteiger partial charge in [-0.2, -0.15) is 5.10 Å². The van der Waals surface area contributed by atoms with Crippen molar-refractivity contribution >= 4 is 0 Å². The van der Waals surface area contributed by atoms with Gasteiger partial charge in [0.25, 0.3) is 0 Å². The molecule has 0 amide bonds. The van der Waals surface area contributed by atoms with Crippen molar-refractivity contribution in [1.82, 2.24) is 14.8 Å². The van der Waals surface area contributed by atoms with Gasteiger partial charge in [-0.15, -0.1) is 0 Å².